The first kappa shape index (κ1) is 14.5. The van der Waals surface area contributed by atoms with Crippen molar-refractivity contribution in [1.82, 2.24) is 0 Å². The molecule has 0 aliphatic heterocycles. The minimum absolute atomic E-state index is 0.173. The first-order valence-corrected chi connectivity index (χ1v) is 6.45. The van der Waals surface area contributed by atoms with Gasteiger partial charge in [-0.1, -0.05) is 13.0 Å². The fourth-order valence-corrected chi connectivity index (χ4v) is 1.89. The average Bonchev–Trinajstić information content (AvgIpc) is 2.86. The number of nitrogens with two attached hydrogens (primary N) is 1. The van der Waals surface area contributed by atoms with E-state index in [0.29, 0.717) is 17.9 Å². The van der Waals surface area contributed by atoms with E-state index >= 15 is 0 Å². The monoisotopic (exact) mass is 281 g/mol. The zero-order valence-electron chi connectivity index (χ0n) is 11.4. The van der Waals surface area contributed by atoms with Crippen LogP contribution in [0.5, 0.6) is 5.75 Å². The number of hydrogen-bond donors (Lipinski definition) is 1. The Bertz CT molecular complexity index is 583. The smallest absolute Gasteiger partial charge is 0.200 e. The summed E-state index contributed by atoms with van der Waals surface area (Å²) in [6.07, 6.45) is -0.0496. The van der Waals surface area contributed by atoms with Crippen molar-refractivity contribution in [1.29, 1.82) is 0 Å². The molecule has 5 heteroatoms. The van der Waals surface area contributed by atoms with Gasteiger partial charge in [-0.25, -0.2) is 4.39 Å². The number of ether oxygens (including phenoxy) is 1. The van der Waals surface area contributed by atoms with Crippen molar-refractivity contribution in [2.75, 3.05) is 0 Å². The van der Waals surface area contributed by atoms with Gasteiger partial charge in [-0.3, -0.25) is 0 Å². The van der Waals surface area contributed by atoms with Gasteiger partial charge >= 0.3 is 0 Å². The Morgan fingerprint density at radius 2 is 2.00 bits per heavy atom. The van der Waals surface area contributed by atoms with E-state index in [1.54, 1.807) is 19.1 Å². The van der Waals surface area contributed by atoms with E-state index in [9.17, 15) is 8.78 Å². The van der Waals surface area contributed by atoms with Gasteiger partial charge in [-0.05, 0) is 37.6 Å². The lowest BCUT2D eigenvalue weighted by molar-refractivity contribution is 0.136. The summed E-state index contributed by atoms with van der Waals surface area (Å²) < 4.78 is 37.9. The third-order valence-electron chi connectivity index (χ3n) is 3.07. The van der Waals surface area contributed by atoms with Crippen LogP contribution >= 0.6 is 0 Å². The molecule has 1 aromatic carbocycles. The molecule has 2 unspecified atom stereocenters. The fraction of sp³-hybridized carbons (Fsp3) is 0.333. The number of hydrogen-bond acceptors (Lipinski definition) is 3. The van der Waals surface area contributed by atoms with Gasteiger partial charge in [0, 0.05) is 6.04 Å². The van der Waals surface area contributed by atoms with Crippen LogP contribution in [0.25, 0.3) is 0 Å². The van der Waals surface area contributed by atoms with Crippen LogP contribution in [0.1, 0.15) is 31.0 Å². The quantitative estimate of drug-likeness (QED) is 0.908. The highest BCUT2D eigenvalue weighted by molar-refractivity contribution is 5.26. The van der Waals surface area contributed by atoms with Crippen LogP contribution in [-0.4, -0.2) is 6.04 Å². The van der Waals surface area contributed by atoms with Crippen molar-refractivity contribution in [2.45, 2.75) is 32.4 Å². The van der Waals surface area contributed by atoms with Crippen LogP contribution in [0.2, 0.25) is 0 Å². The highest BCUT2D eigenvalue weighted by Gasteiger charge is 2.25. The maximum Gasteiger partial charge on any atom is 0.200 e. The van der Waals surface area contributed by atoms with Gasteiger partial charge in [-0.15, -0.1) is 0 Å². The lowest BCUT2D eigenvalue weighted by Crippen LogP contribution is -2.31. The Kier molecular flexibility index (Phi) is 4.39. The van der Waals surface area contributed by atoms with Crippen LogP contribution in [0, 0.1) is 18.6 Å². The Morgan fingerprint density at radius 3 is 2.60 bits per heavy atom. The zero-order valence-corrected chi connectivity index (χ0v) is 11.4. The summed E-state index contributed by atoms with van der Waals surface area (Å²) in [5, 5.41) is 0. The molecule has 0 spiro atoms. The summed E-state index contributed by atoms with van der Waals surface area (Å²) in [5.41, 5.74) is 5.99. The molecule has 2 atom stereocenters. The maximum absolute atomic E-state index is 13.7. The number of aryl methyl sites for hydroxylation is 1. The molecule has 108 valence electrons. The molecule has 3 nitrogen and oxygen atoms in total. The summed E-state index contributed by atoms with van der Waals surface area (Å²) in [7, 11) is 0. The highest BCUT2D eigenvalue weighted by atomic mass is 19.2. The van der Waals surface area contributed by atoms with Gasteiger partial charge in [0.25, 0.3) is 0 Å². The third kappa shape index (κ3) is 2.99. The van der Waals surface area contributed by atoms with Gasteiger partial charge in [0.1, 0.15) is 11.5 Å². The predicted molar refractivity (Wildman–Crippen MR) is 71.4 cm³/mol. The largest absolute Gasteiger partial charge is 0.478 e. The predicted octanol–water partition coefficient (Wildman–Crippen LogP) is 3.72. The molecule has 1 heterocycles. The van der Waals surface area contributed by atoms with Crippen LogP contribution in [0.15, 0.2) is 34.7 Å². The second-order valence-electron chi connectivity index (χ2n) is 4.61. The Labute approximate surface area is 116 Å². The summed E-state index contributed by atoms with van der Waals surface area (Å²) in [6.45, 7) is 3.68. The Balaban J connectivity index is 2.31. The summed E-state index contributed by atoms with van der Waals surface area (Å²) in [4.78, 5) is 0. The van der Waals surface area contributed by atoms with Crippen LogP contribution in [0.4, 0.5) is 8.78 Å². The molecule has 0 fully saturated rings. The average molecular weight is 281 g/mol. The SMILES string of the molecule is CCC(N)C(Oc1cccc(F)c1F)c1ccc(C)o1. The second-order valence-corrected chi connectivity index (χ2v) is 4.61. The molecule has 0 amide bonds. The van der Waals surface area contributed by atoms with Crippen molar-refractivity contribution in [3.8, 4) is 5.75 Å². The summed E-state index contributed by atoms with van der Waals surface area (Å²) >= 11 is 0. The van der Waals surface area contributed by atoms with Gasteiger partial charge in [0.05, 0.1) is 0 Å². The second kappa shape index (κ2) is 6.05. The fourth-order valence-electron chi connectivity index (χ4n) is 1.89. The molecule has 0 bridgehead atoms. The molecular weight excluding hydrogens is 264 g/mol. The third-order valence-corrected chi connectivity index (χ3v) is 3.07. The number of rotatable bonds is 5. The summed E-state index contributed by atoms with van der Waals surface area (Å²) in [5.74, 6) is -0.948. The minimum Gasteiger partial charge on any atom is -0.478 e. The molecule has 20 heavy (non-hydrogen) atoms. The molecule has 0 saturated heterocycles. The minimum atomic E-state index is -1.02. The molecule has 0 radical (unpaired) electrons. The van der Waals surface area contributed by atoms with Gasteiger partial charge < -0.3 is 14.9 Å². The molecule has 2 N–H and O–H groups in total. The molecule has 2 aromatic rings. The summed E-state index contributed by atoms with van der Waals surface area (Å²) in [6, 6.07) is 6.90. The normalized spacial score (nSPS) is 14.1. The van der Waals surface area contributed by atoms with Gasteiger partial charge in [0.2, 0.25) is 5.82 Å². The molecular formula is C15H17F2NO2. The van der Waals surface area contributed by atoms with Crippen molar-refractivity contribution in [3.05, 3.63) is 53.5 Å². The molecule has 0 saturated carbocycles. The van der Waals surface area contributed by atoms with Crippen LogP contribution < -0.4 is 10.5 Å². The maximum atomic E-state index is 13.7. The van der Waals surface area contributed by atoms with Gasteiger partial charge in [0.15, 0.2) is 17.7 Å². The number of halogens is 2. The van der Waals surface area contributed by atoms with E-state index in [2.05, 4.69) is 0 Å². The number of benzene rings is 1. The molecule has 1 aromatic heterocycles. The van der Waals surface area contributed by atoms with E-state index in [4.69, 9.17) is 14.9 Å². The highest BCUT2D eigenvalue weighted by Crippen LogP contribution is 2.29. The van der Waals surface area contributed by atoms with Crippen LogP contribution in [-0.2, 0) is 0 Å². The van der Waals surface area contributed by atoms with E-state index in [-0.39, 0.29) is 11.8 Å². The van der Waals surface area contributed by atoms with E-state index in [1.165, 1.54) is 12.1 Å². The van der Waals surface area contributed by atoms with Crippen molar-refractivity contribution < 1.29 is 17.9 Å². The molecule has 2 rings (SSSR count). The van der Waals surface area contributed by atoms with E-state index < -0.39 is 17.7 Å². The van der Waals surface area contributed by atoms with Gasteiger partial charge in [-0.2, -0.15) is 4.39 Å². The standard InChI is InChI=1S/C15H17F2NO2/c1-3-11(18)15(13-8-7-9(2)19-13)20-12-6-4-5-10(16)14(12)17/h4-8,11,15H,3,18H2,1-2H3. The van der Waals surface area contributed by atoms with Crippen LogP contribution in [0.3, 0.4) is 0 Å². The zero-order chi connectivity index (χ0) is 14.7. The lowest BCUT2D eigenvalue weighted by Gasteiger charge is -2.22. The first-order valence-electron chi connectivity index (χ1n) is 6.45. The molecule has 0 aliphatic carbocycles. The van der Waals surface area contributed by atoms with E-state index in [1.807, 2.05) is 6.92 Å². The van der Waals surface area contributed by atoms with Crippen molar-refractivity contribution >= 4 is 0 Å². The lowest BCUT2D eigenvalue weighted by atomic mass is 10.1. The van der Waals surface area contributed by atoms with E-state index in [0.717, 1.165) is 6.07 Å². The number of furan rings is 1. The Hall–Kier alpha value is -1.88. The van der Waals surface area contributed by atoms with Crippen molar-refractivity contribution in [3.63, 3.8) is 0 Å². The Morgan fingerprint density at radius 1 is 1.25 bits per heavy atom. The van der Waals surface area contributed by atoms with Crippen molar-refractivity contribution in [2.24, 2.45) is 5.73 Å². The first-order chi connectivity index (χ1) is 9.52. The molecule has 0 aliphatic rings. The topological polar surface area (TPSA) is 48.4 Å².